The van der Waals surface area contributed by atoms with Gasteiger partial charge in [0.1, 0.15) is 34.4 Å². The van der Waals surface area contributed by atoms with Gasteiger partial charge in [-0.05, 0) is 42.3 Å². The second-order valence-corrected chi connectivity index (χ2v) is 5.69. The predicted octanol–water partition coefficient (Wildman–Crippen LogP) is 3.63. The van der Waals surface area contributed by atoms with Crippen LogP contribution in [0.3, 0.4) is 0 Å². The van der Waals surface area contributed by atoms with Crippen LogP contribution >= 0.6 is 23.2 Å². The molecule has 2 aromatic rings. The Kier molecular flexibility index (Phi) is 6.81. The third-order valence-electron chi connectivity index (χ3n) is 3.09. The van der Waals surface area contributed by atoms with Crippen LogP contribution in [0, 0.1) is 17.0 Å². The van der Waals surface area contributed by atoms with Crippen LogP contribution in [0.15, 0.2) is 30.3 Å². The van der Waals surface area contributed by atoms with Crippen molar-refractivity contribution >= 4 is 34.9 Å². The maximum absolute atomic E-state index is 13.4. The van der Waals surface area contributed by atoms with Gasteiger partial charge in [-0.1, -0.05) is 23.2 Å². The molecule has 2 N–H and O–H groups in total. The zero-order valence-corrected chi connectivity index (χ0v) is 14.3. The molecule has 0 aliphatic rings. The number of hydrogen-bond donors (Lipinski definition) is 2. The lowest BCUT2D eigenvalue weighted by Crippen LogP contribution is -2.33. The van der Waals surface area contributed by atoms with E-state index in [9.17, 15) is 13.6 Å². The summed E-state index contributed by atoms with van der Waals surface area (Å²) in [7, 11) is 0. The minimum Gasteiger partial charge on any atom is -0.373 e. The Labute approximate surface area is 152 Å². The SMILES string of the molecule is N=C(COCCc1cc(F)ccc1F)NC(=O)c1ccc(Cl)nc1Cl. The molecule has 0 saturated heterocycles. The highest BCUT2D eigenvalue weighted by molar-refractivity contribution is 6.34. The van der Waals surface area contributed by atoms with E-state index < -0.39 is 17.5 Å². The number of carbonyl (C=O) groups is 1. The van der Waals surface area contributed by atoms with E-state index in [1.807, 2.05) is 0 Å². The summed E-state index contributed by atoms with van der Waals surface area (Å²) in [5.74, 6) is -1.90. The molecule has 1 amide bonds. The van der Waals surface area contributed by atoms with Crippen LogP contribution in [0.5, 0.6) is 0 Å². The fourth-order valence-corrected chi connectivity index (χ4v) is 2.34. The molecular formula is C16H13Cl2F2N3O2. The minimum absolute atomic E-state index is 0.0574. The van der Waals surface area contributed by atoms with Gasteiger partial charge in [0.25, 0.3) is 5.91 Å². The van der Waals surface area contributed by atoms with E-state index in [1.54, 1.807) is 0 Å². The topological polar surface area (TPSA) is 75.1 Å². The number of amidine groups is 1. The number of benzene rings is 1. The van der Waals surface area contributed by atoms with Crippen LogP contribution < -0.4 is 5.32 Å². The zero-order chi connectivity index (χ0) is 18.4. The number of hydrogen-bond acceptors (Lipinski definition) is 4. The van der Waals surface area contributed by atoms with Crippen molar-refractivity contribution in [2.45, 2.75) is 6.42 Å². The minimum atomic E-state index is -0.626. The summed E-state index contributed by atoms with van der Waals surface area (Å²) in [4.78, 5) is 15.7. The van der Waals surface area contributed by atoms with Gasteiger partial charge in [0.2, 0.25) is 0 Å². The molecule has 5 nitrogen and oxygen atoms in total. The fourth-order valence-electron chi connectivity index (χ4n) is 1.91. The van der Waals surface area contributed by atoms with Crippen molar-refractivity contribution in [3.05, 3.63) is 63.4 Å². The van der Waals surface area contributed by atoms with Crippen molar-refractivity contribution in [1.82, 2.24) is 10.3 Å². The average Bonchev–Trinajstić information content (AvgIpc) is 2.54. The summed E-state index contributed by atoms with van der Waals surface area (Å²) in [5, 5.41) is 10.0. The second-order valence-electron chi connectivity index (χ2n) is 4.94. The standard InChI is InChI=1S/C16H13Cl2F2N3O2/c17-13-4-2-11(15(18)22-13)16(24)23-14(21)8-25-6-5-9-7-10(19)1-3-12(9)20/h1-4,7H,5-6,8H2,(H2,21,23,24). The van der Waals surface area contributed by atoms with Crippen LogP contribution in [0.2, 0.25) is 10.3 Å². The second kappa shape index (κ2) is 8.84. The van der Waals surface area contributed by atoms with E-state index in [0.29, 0.717) is 0 Å². The number of nitrogens with zero attached hydrogens (tertiary/aromatic N) is 1. The summed E-state index contributed by atoms with van der Waals surface area (Å²) in [6.45, 7) is -0.150. The van der Waals surface area contributed by atoms with Crippen molar-refractivity contribution in [1.29, 1.82) is 5.41 Å². The molecule has 1 aromatic carbocycles. The molecule has 9 heteroatoms. The van der Waals surface area contributed by atoms with Gasteiger partial charge in [0.05, 0.1) is 12.2 Å². The van der Waals surface area contributed by atoms with Crippen molar-refractivity contribution in [2.24, 2.45) is 0 Å². The van der Waals surface area contributed by atoms with Gasteiger partial charge >= 0.3 is 0 Å². The summed E-state index contributed by atoms with van der Waals surface area (Å²) < 4.78 is 31.6. The molecule has 0 fully saturated rings. The predicted molar refractivity (Wildman–Crippen MR) is 90.3 cm³/mol. The first-order chi connectivity index (χ1) is 11.9. The Morgan fingerprint density at radius 2 is 2.00 bits per heavy atom. The van der Waals surface area contributed by atoms with Gasteiger partial charge in [0.15, 0.2) is 0 Å². The lowest BCUT2D eigenvalue weighted by atomic mass is 10.1. The van der Waals surface area contributed by atoms with Gasteiger partial charge in [-0.2, -0.15) is 0 Å². The highest BCUT2D eigenvalue weighted by Crippen LogP contribution is 2.16. The molecule has 0 spiro atoms. The van der Waals surface area contributed by atoms with Crippen LogP contribution in [-0.2, 0) is 11.2 Å². The summed E-state index contributed by atoms with van der Waals surface area (Å²) >= 11 is 11.4. The summed E-state index contributed by atoms with van der Waals surface area (Å²) in [5.41, 5.74) is 0.243. The van der Waals surface area contributed by atoms with Gasteiger partial charge in [-0.3, -0.25) is 10.2 Å². The summed E-state index contributed by atoms with van der Waals surface area (Å²) in [6, 6.07) is 5.93. The van der Waals surface area contributed by atoms with E-state index >= 15 is 0 Å². The van der Waals surface area contributed by atoms with E-state index in [-0.39, 0.29) is 46.9 Å². The van der Waals surface area contributed by atoms with Crippen LogP contribution in [-0.4, -0.2) is 29.9 Å². The first kappa shape index (κ1) is 19.2. The summed E-state index contributed by atoms with van der Waals surface area (Å²) in [6.07, 6.45) is 0.137. The number of ether oxygens (including phenoxy) is 1. The van der Waals surface area contributed by atoms with E-state index in [0.717, 1.165) is 18.2 Å². The van der Waals surface area contributed by atoms with E-state index in [4.69, 9.17) is 33.3 Å². The Hall–Kier alpha value is -2.09. The molecular weight excluding hydrogens is 375 g/mol. The number of amides is 1. The fraction of sp³-hybridized carbons (Fsp3) is 0.188. The maximum atomic E-state index is 13.4. The number of nitrogens with one attached hydrogen (secondary N) is 2. The Morgan fingerprint density at radius 1 is 1.24 bits per heavy atom. The van der Waals surface area contributed by atoms with Crippen molar-refractivity contribution in [3.8, 4) is 0 Å². The molecule has 0 radical (unpaired) electrons. The smallest absolute Gasteiger partial charge is 0.259 e. The van der Waals surface area contributed by atoms with Crippen molar-refractivity contribution < 1.29 is 18.3 Å². The van der Waals surface area contributed by atoms with Crippen LogP contribution in [0.4, 0.5) is 8.78 Å². The first-order valence-electron chi connectivity index (χ1n) is 7.09. The molecule has 0 saturated carbocycles. The largest absolute Gasteiger partial charge is 0.373 e. The highest BCUT2D eigenvalue weighted by atomic mass is 35.5. The molecule has 0 atom stereocenters. The highest BCUT2D eigenvalue weighted by Gasteiger charge is 2.13. The number of halogens is 4. The molecule has 1 aromatic heterocycles. The zero-order valence-electron chi connectivity index (χ0n) is 12.8. The number of carbonyl (C=O) groups excluding carboxylic acids is 1. The van der Waals surface area contributed by atoms with Gasteiger partial charge in [-0.25, -0.2) is 13.8 Å². The molecule has 0 bridgehead atoms. The van der Waals surface area contributed by atoms with Crippen molar-refractivity contribution in [2.75, 3.05) is 13.2 Å². The van der Waals surface area contributed by atoms with E-state index in [1.165, 1.54) is 12.1 Å². The molecule has 2 rings (SSSR count). The quantitative estimate of drug-likeness (QED) is 0.344. The van der Waals surface area contributed by atoms with Gasteiger partial charge in [0, 0.05) is 0 Å². The Balaban J connectivity index is 1.78. The molecule has 0 aliphatic carbocycles. The molecule has 25 heavy (non-hydrogen) atoms. The van der Waals surface area contributed by atoms with Gasteiger partial charge < -0.3 is 10.1 Å². The van der Waals surface area contributed by atoms with Crippen molar-refractivity contribution in [3.63, 3.8) is 0 Å². The molecule has 132 valence electrons. The Morgan fingerprint density at radius 3 is 2.72 bits per heavy atom. The average molecular weight is 388 g/mol. The normalized spacial score (nSPS) is 10.6. The molecule has 0 unspecified atom stereocenters. The monoisotopic (exact) mass is 387 g/mol. The molecule has 1 heterocycles. The third-order valence-corrected chi connectivity index (χ3v) is 3.59. The lowest BCUT2D eigenvalue weighted by molar-refractivity contribution is 0.0970. The number of aromatic nitrogens is 1. The molecule has 0 aliphatic heterocycles. The maximum Gasteiger partial charge on any atom is 0.259 e. The number of rotatable bonds is 6. The van der Waals surface area contributed by atoms with Gasteiger partial charge in [-0.15, -0.1) is 0 Å². The Bertz CT molecular complexity index is 803. The third kappa shape index (κ3) is 5.74. The van der Waals surface area contributed by atoms with Crippen LogP contribution in [0.1, 0.15) is 15.9 Å². The first-order valence-corrected chi connectivity index (χ1v) is 7.85. The lowest BCUT2D eigenvalue weighted by Gasteiger charge is -2.09. The van der Waals surface area contributed by atoms with E-state index in [2.05, 4.69) is 10.3 Å². The van der Waals surface area contributed by atoms with Crippen LogP contribution in [0.25, 0.3) is 0 Å². The number of pyridine rings is 1.